The monoisotopic (exact) mass is 425 g/mol. The summed E-state index contributed by atoms with van der Waals surface area (Å²) in [6.07, 6.45) is 0.580. The largest absolute Gasteiger partial charge is 0.454 e. The van der Waals surface area contributed by atoms with Crippen LogP contribution in [0, 0.1) is 5.92 Å². The van der Waals surface area contributed by atoms with Gasteiger partial charge in [-0.1, -0.05) is 43.6 Å². The molecule has 3 heterocycles. The Labute approximate surface area is 176 Å². The first kappa shape index (κ1) is 20.0. The minimum absolute atomic E-state index is 0.136. The molecule has 0 aliphatic carbocycles. The van der Waals surface area contributed by atoms with Crippen LogP contribution in [-0.4, -0.2) is 38.9 Å². The summed E-state index contributed by atoms with van der Waals surface area (Å²) in [6, 6.07) is 9.22. The molecule has 2 aromatic heterocycles. The summed E-state index contributed by atoms with van der Waals surface area (Å²) in [6.45, 7) is 3.44. The minimum Gasteiger partial charge on any atom is -0.454 e. The highest BCUT2D eigenvalue weighted by molar-refractivity contribution is 7.13. The normalized spacial score (nSPS) is 15.2. The van der Waals surface area contributed by atoms with E-state index >= 15 is 0 Å². The first-order valence-electron chi connectivity index (χ1n) is 9.51. The fourth-order valence-corrected chi connectivity index (χ4v) is 3.96. The average Bonchev–Trinajstić information content (AvgIpc) is 3.50. The van der Waals surface area contributed by atoms with E-state index in [1.807, 2.05) is 24.4 Å². The molecule has 0 unspecified atom stereocenters. The molecule has 0 N–H and O–H groups in total. The van der Waals surface area contributed by atoms with Gasteiger partial charge in [-0.3, -0.25) is 14.5 Å². The third-order valence-electron chi connectivity index (χ3n) is 5.08. The molecular formula is C21H19N3O5S. The molecule has 8 nitrogen and oxygen atoms in total. The molecule has 1 aromatic carbocycles. The fraction of sp³-hybridized carbons (Fsp3) is 0.286. The van der Waals surface area contributed by atoms with Gasteiger partial charge >= 0.3 is 5.97 Å². The molecule has 4 rings (SSSR count). The van der Waals surface area contributed by atoms with E-state index in [0.717, 1.165) is 9.78 Å². The number of esters is 1. The standard InChI is InChI=1S/C21H19N3O5S/c1-3-12(2)17(24-19(25)13-7-4-5-8-14(13)20(24)26)21(27)28-11-16-22-18(23-29-16)15-9-6-10-30-15/h4-10,12,17H,3,11H2,1-2H3/t12-,17-/m0/s1. The number of carbonyl (C=O) groups is 3. The van der Waals surface area contributed by atoms with Crippen LogP contribution in [0.25, 0.3) is 10.7 Å². The zero-order valence-corrected chi connectivity index (χ0v) is 17.2. The van der Waals surface area contributed by atoms with E-state index in [2.05, 4.69) is 10.1 Å². The maximum atomic E-state index is 12.9. The average molecular weight is 425 g/mol. The van der Waals surface area contributed by atoms with Crippen LogP contribution in [0.5, 0.6) is 0 Å². The van der Waals surface area contributed by atoms with Gasteiger partial charge in [-0.05, 0) is 29.5 Å². The Hall–Kier alpha value is -3.33. The van der Waals surface area contributed by atoms with Crippen molar-refractivity contribution in [3.63, 3.8) is 0 Å². The lowest BCUT2D eigenvalue weighted by molar-refractivity contribution is -0.152. The second kappa shape index (κ2) is 8.19. The number of benzene rings is 1. The summed E-state index contributed by atoms with van der Waals surface area (Å²) < 4.78 is 10.5. The smallest absolute Gasteiger partial charge is 0.330 e. The van der Waals surface area contributed by atoms with Crippen molar-refractivity contribution in [3.05, 3.63) is 58.8 Å². The van der Waals surface area contributed by atoms with Crippen LogP contribution >= 0.6 is 11.3 Å². The Bertz CT molecular complexity index is 1060. The van der Waals surface area contributed by atoms with Gasteiger partial charge < -0.3 is 9.26 Å². The summed E-state index contributed by atoms with van der Waals surface area (Å²) in [4.78, 5) is 44.7. The van der Waals surface area contributed by atoms with E-state index in [0.29, 0.717) is 23.4 Å². The van der Waals surface area contributed by atoms with Crippen LogP contribution < -0.4 is 0 Å². The minimum atomic E-state index is -1.04. The Morgan fingerprint density at radius 1 is 1.17 bits per heavy atom. The molecule has 0 spiro atoms. The van der Waals surface area contributed by atoms with E-state index in [9.17, 15) is 14.4 Å². The summed E-state index contributed by atoms with van der Waals surface area (Å²) in [7, 11) is 0. The number of rotatable bonds is 7. The summed E-state index contributed by atoms with van der Waals surface area (Å²) in [5.74, 6) is -1.41. The van der Waals surface area contributed by atoms with Gasteiger partial charge in [0.15, 0.2) is 6.61 Å². The second-order valence-electron chi connectivity index (χ2n) is 6.95. The number of thiophene rings is 1. The van der Waals surface area contributed by atoms with E-state index in [4.69, 9.17) is 9.26 Å². The van der Waals surface area contributed by atoms with Crippen LogP contribution in [0.4, 0.5) is 0 Å². The topological polar surface area (TPSA) is 103 Å². The maximum Gasteiger partial charge on any atom is 0.330 e. The van der Waals surface area contributed by atoms with Gasteiger partial charge in [0.1, 0.15) is 6.04 Å². The Morgan fingerprint density at radius 3 is 2.47 bits per heavy atom. The van der Waals surface area contributed by atoms with E-state index in [1.165, 1.54) is 11.3 Å². The third-order valence-corrected chi connectivity index (χ3v) is 5.94. The molecule has 2 atom stereocenters. The molecule has 1 aliphatic heterocycles. The molecule has 0 fully saturated rings. The fourth-order valence-electron chi connectivity index (χ4n) is 3.31. The van der Waals surface area contributed by atoms with Gasteiger partial charge in [-0.2, -0.15) is 4.98 Å². The van der Waals surface area contributed by atoms with Crippen LogP contribution in [-0.2, 0) is 16.1 Å². The van der Waals surface area contributed by atoms with Crippen molar-refractivity contribution in [2.24, 2.45) is 5.92 Å². The van der Waals surface area contributed by atoms with Gasteiger partial charge in [0.2, 0.25) is 5.82 Å². The highest BCUT2D eigenvalue weighted by atomic mass is 32.1. The number of imide groups is 1. The third kappa shape index (κ3) is 3.52. The van der Waals surface area contributed by atoms with Crippen LogP contribution in [0.3, 0.4) is 0 Å². The first-order chi connectivity index (χ1) is 14.5. The van der Waals surface area contributed by atoms with Gasteiger partial charge in [0.25, 0.3) is 17.7 Å². The lowest BCUT2D eigenvalue weighted by Crippen LogP contribution is -2.49. The predicted molar refractivity (Wildman–Crippen MR) is 108 cm³/mol. The van der Waals surface area contributed by atoms with Crippen molar-refractivity contribution < 1.29 is 23.6 Å². The van der Waals surface area contributed by atoms with Crippen molar-refractivity contribution >= 4 is 29.1 Å². The van der Waals surface area contributed by atoms with Gasteiger partial charge in [0.05, 0.1) is 16.0 Å². The zero-order valence-electron chi connectivity index (χ0n) is 16.4. The maximum absolute atomic E-state index is 12.9. The molecule has 1 aliphatic rings. The lowest BCUT2D eigenvalue weighted by Gasteiger charge is -2.28. The molecule has 0 saturated heterocycles. The predicted octanol–water partition coefficient (Wildman–Crippen LogP) is 3.55. The summed E-state index contributed by atoms with van der Waals surface area (Å²) in [5, 5.41) is 5.77. The number of amides is 2. The summed E-state index contributed by atoms with van der Waals surface area (Å²) in [5.41, 5.74) is 0.585. The Kier molecular flexibility index (Phi) is 5.45. The number of fused-ring (bicyclic) bond motifs is 1. The van der Waals surface area contributed by atoms with Crippen LogP contribution in [0.2, 0.25) is 0 Å². The zero-order chi connectivity index (χ0) is 21.3. The molecule has 0 bridgehead atoms. The highest BCUT2D eigenvalue weighted by Gasteiger charge is 2.45. The van der Waals surface area contributed by atoms with Gasteiger partial charge in [-0.25, -0.2) is 4.79 Å². The van der Waals surface area contributed by atoms with Crippen LogP contribution in [0.1, 0.15) is 46.9 Å². The van der Waals surface area contributed by atoms with E-state index in [-0.39, 0.29) is 18.4 Å². The molecule has 3 aromatic rings. The molecular weight excluding hydrogens is 406 g/mol. The lowest BCUT2D eigenvalue weighted by atomic mass is 9.97. The molecule has 2 amide bonds. The van der Waals surface area contributed by atoms with E-state index in [1.54, 1.807) is 31.2 Å². The molecule has 154 valence electrons. The van der Waals surface area contributed by atoms with Crippen molar-refractivity contribution in [2.75, 3.05) is 0 Å². The number of ether oxygens (including phenoxy) is 1. The van der Waals surface area contributed by atoms with Crippen molar-refractivity contribution in [2.45, 2.75) is 32.9 Å². The second-order valence-corrected chi connectivity index (χ2v) is 7.90. The Morgan fingerprint density at radius 2 is 1.87 bits per heavy atom. The van der Waals surface area contributed by atoms with Crippen LogP contribution in [0.15, 0.2) is 46.3 Å². The number of aromatic nitrogens is 2. The highest BCUT2D eigenvalue weighted by Crippen LogP contribution is 2.29. The first-order valence-corrected chi connectivity index (χ1v) is 10.4. The number of hydrogen-bond acceptors (Lipinski definition) is 8. The van der Waals surface area contributed by atoms with Crippen molar-refractivity contribution in [1.29, 1.82) is 0 Å². The van der Waals surface area contributed by atoms with Crippen molar-refractivity contribution in [1.82, 2.24) is 15.0 Å². The molecule has 30 heavy (non-hydrogen) atoms. The summed E-state index contributed by atoms with van der Waals surface area (Å²) >= 11 is 1.46. The van der Waals surface area contributed by atoms with Gasteiger partial charge in [-0.15, -0.1) is 11.3 Å². The molecule has 0 saturated carbocycles. The number of hydrogen-bond donors (Lipinski definition) is 0. The molecule has 9 heteroatoms. The number of nitrogens with zero attached hydrogens (tertiary/aromatic N) is 3. The van der Waals surface area contributed by atoms with Crippen molar-refractivity contribution in [3.8, 4) is 10.7 Å². The van der Waals surface area contributed by atoms with Gasteiger partial charge in [0, 0.05) is 0 Å². The van der Waals surface area contributed by atoms with E-state index < -0.39 is 23.8 Å². The number of carbonyl (C=O) groups excluding carboxylic acids is 3. The SMILES string of the molecule is CC[C@H](C)[C@@H](C(=O)OCc1nc(-c2cccs2)no1)N1C(=O)c2ccccc2C1=O. The Balaban J connectivity index is 1.51. The molecule has 0 radical (unpaired) electrons. The quantitative estimate of drug-likeness (QED) is 0.421.